The number of thioether (sulfide) groups is 1. The van der Waals surface area contributed by atoms with E-state index in [1.807, 2.05) is 30.3 Å². The number of rotatable bonds is 34. The number of nitrogens with one attached hydrogen (secondary N) is 2. The molecule has 1 aliphatic rings. The van der Waals surface area contributed by atoms with Crippen molar-refractivity contribution in [2.24, 2.45) is 0 Å². The van der Waals surface area contributed by atoms with E-state index in [-0.39, 0.29) is 18.8 Å². The van der Waals surface area contributed by atoms with Gasteiger partial charge in [-0.05, 0) is 41.9 Å². The molecule has 66 heavy (non-hydrogen) atoms. The van der Waals surface area contributed by atoms with Gasteiger partial charge in [0.2, 0.25) is 11.7 Å². The van der Waals surface area contributed by atoms with Gasteiger partial charge in [-0.1, -0.05) is 66.7 Å². The minimum absolute atomic E-state index is 0.0133. The molecule has 5 N–H and O–H groups in total. The predicted molar refractivity (Wildman–Crippen MR) is 246 cm³/mol. The summed E-state index contributed by atoms with van der Waals surface area (Å²) in [5.74, 6) is -1.58. The highest BCUT2D eigenvalue weighted by Crippen LogP contribution is 2.32. The van der Waals surface area contributed by atoms with Gasteiger partial charge >= 0.3 is 0 Å². The Morgan fingerprint density at radius 1 is 0.742 bits per heavy atom. The van der Waals surface area contributed by atoms with E-state index in [0.717, 1.165) is 17.4 Å². The zero-order valence-corrected chi connectivity index (χ0v) is 38.2. The molecule has 0 bridgehead atoms. The number of aldehydes is 2. The van der Waals surface area contributed by atoms with E-state index in [2.05, 4.69) is 10.6 Å². The number of hydrogen-bond acceptors (Lipinski definition) is 16. The molecular formula is C48H64N2O15S. The summed E-state index contributed by atoms with van der Waals surface area (Å²) in [4.78, 5) is 60.2. The Morgan fingerprint density at radius 2 is 1.32 bits per heavy atom. The van der Waals surface area contributed by atoms with Crippen molar-refractivity contribution in [2.45, 2.75) is 68.9 Å². The molecule has 1 aliphatic heterocycles. The average Bonchev–Trinajstić information content (AvgIpc) is 3.34. The van der Waals surface area contributed by atoms with E-state index >= 15 is 0 Å². The van der Waals surface area contributed by atoms with Crippen molar-refractivity contribution in [3.63, 3.8) is 0 Å². The molecular weight excluding hydrogens is 877 g/mol. The van der Waals surface area contributed by atoms with E-state index in [9.17, 15) is 39.3 Å². The van der Waals surface area contributed by atoms with Gasteiger partial charge in [0.25, 0.3) is 5.91 Å². The van der Waals surface area contributed by atoms with Crippen LogP contribution in [0.5, 0.6) is 0 Å². The highest BCUT2D eigenvalue weighted by Gasteiger charge is 2.51. The molecule has 0 aromatic heterocycles. The quantitative estimate of drug-likeness (QED) is 0.0329. The van der Waals surface area contributed by atoms with Gasteiger partial charge in [0, 0.05) is 55.4 Å². The summed E-state index contributed by atoms with van der Waals surface area (Å²) >= 11 is 1.62. The van der Waals surface area contributed by atoms with Crippen molar-refractivity contribution in [3.05, 3.63) is 95.6 Å². The second kappa shape index (κ2) is 30.8. The van der Waals surface area contributed by atoms with E-state index in [0.29, 0.717) is 120 Å². The maximum Gasteiger partial charge on any atom is 0.251 e. The summed E-state index contributed by atoms with van der Waals surface area (Å²) in [5.41, 5.74) is 3.36. The zero-order valence-electron chi connectivity index (χ0n) is 37.4. The number of amides is 2. The van der Waals surface area contributed by atoms with Crippen LogP contribution in [0, 0.1) is 0 Å². The number of Topliss-reactive ketones (excluding diaryl/α,β-unsaturated/α-hetero) is 1. The van der Waals surface area contributed by atoms with Crippen molar-refractivity contribution >= 4 is 41.9 Å². The number of benzene rings is 3. The number of aliphatic hydroxyl groups is 3. The summed E-state index contributed by atoms with van der Waals surface area (Å²) in [5, 5.41) is 38.3. The Labute approximate surface area is 390 Å². The van der Waals surface area contributed by atoms with Crippen LogP contribution in [0.3, 0.4) is 0 Å². The van der Waals surface area contributed by atoms with Gasteiger partial charge in [0.1, 0.15) is 18.5 Å². The van der Waals surface area contributed by atoms with Gasteiger partial charge in [-0.2, -0.15) is 11.8 Å². The maximum absolute atomic E-state index is 12.9. The number of hydrogen-bond donors (Lipinski definition) is 5. The second-order valence-corrected chi connectivity index (χ2v) is 16.6. The van der Waals surface area contributed by atoms with Crippen molar-refractivity contribution in [3.8, 4) is 11.1 Å². The lowest BCUT2D eigenvalue weighted by Gasteiger charge is -2.46. The smallest absolute Gasteiger partial charge is 0.251 e. The minimum atomic E-state index is -1.95. The topological polar surface area (TPSA) is 235 Å². The lowest BCUT2D eigenvalue weighted by atomic mass is 9.88. The Morgan fingerprint density at radius 3 is 1.91 bits per heavy atom. The third-order valence-electron chi connectivity index (χ3n) is 10.3. The molecule has 3 aromatic carbocycles. The first-order valence-electron chi connectivity index (χ1n) is 22.1. The summed E-state index contributed by atoms with van der Waals surface area (Å²) in [6.07, 6.45) is -3.88. The number of ketones is 1. The fraction of sp³-hybridized carbons (Fsp3) is 0.521. The molecule has 17 nitrogen and oxygen atoms in total. The monoisotopic (exact) mass is 940 g/mol. The van der Waals surface area contributed by atoms with Crippen LogP contribution in [0.2, 0.25) is 0 Å². The minimum Gasteiger partial charge on any atom is -0.391 e. The molecule has 1 heterocycles. The van der Waals surface area contributed by atoms with Crippen LogP contribution in [0.1, 0.15) is 63.7 Å². The van der Waals surface area contributed by atoms with Crippen LogP contribution >= 0.6 is 11.8 Å². The van der Waals surface area contributed by atoms with Crippen LogP contribution in [-0.4, -0.2) is 172 Å². The van der Waals surface area contributed by atoms with Gasteiger partial charge in [-0.3, -0.25) is 24.0 Å². The molecule has 0 aliphatic carbocycles. The van der Waals surface area contributed by atoms with Crippen molar-refractivity contribution in [2.75, 3.05) is 90.7 Å². The molecule has 0 spiro atoms. The SMILES string of the molecule is CC(=O)N[C@H]1[C@H]([C@H](O)[C@H](O)CNC(=O)c2ccc(-c3ccccc3)cc2)O[C@](C=O)(OCCCSCCOCCOCCOCCOCCOCCCC(=O)c2ccc(C=O)cc2)C[C@@H]1O. The van der Waals surface area contributed by atoms with E-state index in [4.69, 9.17) is 33.2 Å². The summed E-state index contributed by atoms with van der Waals surface area (Å²) in [6, 6.07) is 21.9. The van der Waals surface area contributed by atoms with Crippen molar-refractivity contribution in [1.82, 2.24) is 10.6 Å². The number of carbonyl (C=O) groups is 5. The Hall–Kier alpha value is -4.44. The Balaban J connectivity index is 0.998. The molecule has 0 saturated carbocycles. The van der Waals surface area contributed by atoms with E-state index in [1.165, 1.54) is 6.92 Å². The third-order valence-corrected chi connectivity index (χ3v) is 11.3. The Bertz CT molecular complexity index is 1870. The maximum atomic E-state index is 12.9. The van der Waals surface area contributed by atoms with Gasteiger partial charge < -0.3 is 59.1 Å². The second-order valence-electron chi connectivity index (χ2n) is 15.4. The summed E-state index contributed by atoms with van der Waals surface area (Å²) in [6.45, 7) is 5.24. The summed E-state index contributed by atoms with van der Waals surface area (Å²) < 4.78 is 39.5. The van der Waals surface area contributed by atoms with Crippen LogP contribution < -0.4 is 10.6 Å². The van der Waals surface area contributed by atoms with Crippen LogP contribution in [0.25, 0.3) is 11.1 Å². The zero-order chi connectivity index (χ0) is 47.4. The predicted octanol–water partition coefficient (Wildman–Crippen LogP) is 3.05. The molecule has 1 saturated heterocycles. The van der Waals surface area contributed by atoms with Gasteiger partial charge in [-0.15, -0.1) is 0 Å². The van der Waals surface area contributed by atoms with Crippen LogP contribution in [0.15, 0.2) is 78.9 Å². The number of aliphatic hydroxyl groups excluding tert-OH is 3. The lowest BCUT2D eigenvalue weighted by molar-refractivity contribution is -0.296. The van der Waals surface area contributed by atoms with Crippen LogP contribution in [0.4, 0.5) is 0 Å². The number of ether oxygens (including phenoxy) is 7. The fourth-order valence-electron chi connectivity index (χ4n) is 6.81. The molecule has 18 heteroatoms. The largest absolute Gasteiger partial charge is 0.391 e. The summed E-state index contributed by atoms with van der Waals surface area (Å²) in [7, 11) is 0. The van der Waals surface area contributed by atoms with Crippen molar-refractivity contribution < 1.29 is 72.5 Å². The molecule has 362 valence electrons. The molecule has 3 aromatic rings. The molecule has 2 amide bonds. The first-order valence-corrected chi connectivity index (χ1v) is 23.3. The van der Waals surface area contributed by atoms with Crippen LogP contribution in [-0.2, 0) is 42.7 Å². The first kappa shape index (κ1) is 54.2. The van der Waals surface area contributed by atoms with Gasteiger partial charge in [0.05, 0.1) is 84.3 Å². The molecule has 1 fully saturated rings. The first-order chi connectivity index (χ1) is 32.1. The molecule has 0 unspecified atom stereocenters. The highest BCUT2D eigenvalue weighted by atomic mass is 32.2. The third kappa shape index (κ3) is 19.4. The van der Waals surface area contributed by atoms with Gasteiger partial charge in [-0.25, -0.2) is 0 Å². The van der Waals surface area contributed by atoms with E-state index in [1.54, 1.807) is 60.3 Å². The standard InChI is InChI=1S/C48H64N2O15S/c1-35(53)50-44-42(55)31-48(34-52,65-46(44)45(57)43(56)32-49-47(58)40-16-14-38(15-17-40)37-7-3-2-4-8-37)64-19-6-29-66-30-28-63-27-26-62-25-24-61-23-22-60-21-20-59-18-5-9-41(54)39-12-10-36(33-51)11-13-39/h2-4,7-8,10-17,33-34,42-46,55-57H,5-6,9,18-32H2,1H3,(H,49,58)(H,50,53)/t42-,43+,44+,45+,46+,48+/m0/s1. The molecule has 6 atom stereocenters. The Kier molecular flexibility index (Phi) is 25.3. The van der Waals surface area contributed by atoms with Crippen molar-refractivity contribution in [1.29, 1.82) is 0 Å². The molecule has 4 rings (SSSR count). The lowest BCUT2D eigenvalue weighted by Crippen LogP contribution is -2.66. The van der Waals surface area contributed by atoms with E-state index < -0.39 is 54.6 Å². The van der Waals surface area contributed by atoms with Gasteiger partial charge in [0.15, 0.2) is 12.1 Å². The normalized spacial score (nSPS) is 19.1. The molecule has 0 radical (unpaired) electrons. The average molecular weight is 941 g/mol. The highest BCUT2D eigenvalue weighted by molar-refractivity contribution is 7.99. The fourth-order valence-corrected chi connectivity index (χ4v) is 7.57. The number of carbonyl (C=O) groups excluding carboxylic acids is 5.